The van der Waals surface area contributed by atoms with E-state index in [0.717, 1.165) is 0 Å². The molecular weight excluding hydrogens is 417 g/mol. The molecule has 1 unspecified atom stereocenters. The highest BCUT2D eigenvalue weighted by Gasteiger charge is 2.20. The number of hydrogen-bond donors (Lipinski definition) is 2. The number of hydrogen-bond acceptors (Lipinski definition) is 5. The molecule has 152 valence electrons. The van der Waals surface area contributed by atoms with Gasteiger partial charge in [-0.05, 0) is 42.9 Å². The van der Waals surface area contributed by atoms with E-state index in [1.807, 2.05) is 0 Å². The molecule has 0 saturated carbocycles. The van der Waals surface area contributed by atoms with Crippen molar-refractivity contribution in [3.05, 3.63) is 66.0 Å². The predicted octanol–water partition coefficient (Wildman–Crippen LogP) is 3.49. The second-order valence-corrected chi connectivity index (χ2v) is 8.48. The number of benzene rings is 1. The fraction of sp³-hybridized carbons (Fsp3) is 0.158. The lowest BCUT2D eigenvalue weighted by Crippen LogP contribution is -2.26. The van der Waals surface area contributed by atoms with Crippen molar-refractivity contribution >= 4 is 42.9 Å². The van der Waals surface area contributed by atoms with Gasteiger partial charge in [-0.3, -0.25) is 14.1 Å². The van der Waals surface area contributed by atoms with E-state index >= 15 is 0 Å². The molecule has 0 bridgehead atoms. The third kappa shape index (κ3) is 5.37. The van der Waals surface area contributed by atoms with E-state index in [0.29, 0.717) is 17.3 Å². The van der Waals surface area contributed by atoms with Gasteiger partial charge in [0, 0.05) is 11.6 Å². The summed E-state index contributed by atoms with van der Waals surface area (Å²) in [5, 5.41) is 2.00. The number of aromatic nitrogens is 1. The molecule has 7 nitrogen and oxygen atoms in total. The second-order valence-electron chi connectivity index (χ2n) is 5.85. The number of anilines is 1. The van der Waals surface area contributed by atoms with Gasteiger partial charge in [0.25, 0.3) is 5.91 Å². The number of allylic oxidation sites excluding steroid dienone is 4. The van der Waals surface area contributed by atoms with Crippen molar-refractivity contribution in [2.24, 2.45) is 4.99 Å². The van der Waals surface area contributed by atoms with Gasteiger partial charge in [-0.1, -0.05) is 19.1 Å². The molecular formula is C19H18FN3O4S2. The van der Waals surface area contributed by atoms with Crippen LogP contribution in [0.1, 0.15) is 13.3 Å². The van der Waals surface area contributed by atoms with Crippen molar-refractivity contribution in [2.75, 3.05) is 4.72 Å². The van der Waals surface area contributed by atoms with Gasteiger partial charge in [0.05, 0.1) is 10.6 Å². The van der Waals surface area contributed by atoms with Crippen LogP contribution in [0.15, 0.2) is 65.1 Å². The van der Waals surface area contributed by atoms with Crippen LogP contribution < -0.4 is 9.46 Å². The predicted molar refractivity (Wildman–Crippen MR) is 113 cm³/mol. The topological polar surface area (TPSA) is 101 Å². The Morgan fingerprint density at radius 1 is 1.34 bits per heavy atom. The highest BCUT2D eigenvalue weighted by molar-refractivity contribution is 7.99. The summed E-state index contributed by atoms with van der Waals surface area (Å²) < 4.78 is 44.3. The monoisotopic (exact) mass is 435 g/mol. The Kier molecular flexibility index (Phi) is 6.57. The summed E-state index contributed by atoms with van der Waals surface area (Å²) in [5.41, 5.74) is 0.291. The molecule has 3 rings (SSSR count). The summed E-state index contributed by atoms with van der Waals surface area (Å²) in [5.74, 6) is -1.16. The Hall–Kier alpha value is -2.82. The van der Waals surface area contributed by atoms with Crippen molar-refractivity contribution < 1.29 is 22.7 Å². The smallest absolute Gasteiger partial charge is 0.287 e. The SMILES string of the molecule is CC[C@H](Oc1ccccc1F)C(=O)N=C1C=CC(=S(=O)(O)Nc2nccs2)C=C1. The van der Waals surface area contributed by atoms with Crippen LogP contribution in [0.3, 0.4) is 0 Å². The molecule has 0 spiro atoms. The molecule has 2 atom stereocenters. The summed E-state index contributed by atoms with van der Waals surface area (Å²) >= 11 is 1.20. The van der Waals surface area contributed by atoms with Gasteiger partial charge < -0.3 is 4.74 Å². The van der Waals surface area contributed by atoms with E-state index in [1.54, 1.807) is 18.4 Å². The van der Waals surface area contributed by atoms with Gasteiger partial charge in [-0.2, -0.15) is 0 Å². The van der Waals surface area contributed by atoms with Crippen molar-refractivity contribution in [3.63, 3.8) is 0 Å². The summed E-state index contributed by atoms with van der Waals surface area (Å²) in [4.78, 5) is 20.4. The molecule has 2 aromatic rings. The number of rotatable bonds is 6. The van der Waals surface area contributed by atoms with Gasteiger partial charge in [-0.15, -0.1) is 11.3 Å². The molecule has 1 aromatic carbocycles. The van der Waals surface area contributed by atoms with Gasteiger partial charge in [-0.25, -0.2) is 18.6 Å². The zero-order valence-corrected chi connectivity index (χ0v) is 17.0. The van der Waals surface area contributed by atoms with E-state index in [-0.39, 0.29) is 10.6 Å². The minimum absolute atomic E-state index is 0.0217. The van der Waals surface area contributed by atoms with Crippen molar-refractivity contribution in [3.8, 4) is 5.75 Å². The summed E-state index contributed by atoms with van der Waals surface area (Å²) in [6.07, 6.45) is 6.56. The Balaban J connectivity index is 1.73. The molecule has 29 heavy (non-hydrogen) atoms. The van der Waals surface area contributed by atoms with Crippen molar-refractivity contribution in [2.45, 2.75) is 19.4 Å². The van der Waals surface area contributed by atoms with E-state index < -0.39 is 27.8 Å². The highest BCUT2D eigenvalue weighted by atomic mass is 32.2. The van der Waals surface area contributed by atoms with Gasteiger partial charge >= 0.3 is 0 Å². The first-order valence-corrected chi connectivity index (χ1v) is 11.0. The number of carbonyl (C=O) groups excluding carboxylic acids is 1. The molecule has 1 amide bonds. The van der Waals surface area contributed by atoms with Crippen LogP contribution in [0, 0.1) is 5.82 Å². The lowest BCUT2D eigenvalue weighted by Gasteiger charge is -2.15. The average Bonchev–Trinajstić information content (AvgIpc) is 3.20. The van der Waals surface area contributed by atoms with Crippen LogP contribution in [0.2, 0.25) is 0 Å². The number of ether oxygens (including phenoxy) is 1. The van der Waals surface area contributed by atoms with E-state index in [2.05, 4.69) is 14.7 Å². The lowest BCUT2D eigenvalue weighted by molar-refractivity contribution is -0.124. The van der Waals surface area contributed by atoms with Crippen molar-refractivity contribution in [1.82, 2.24) is 4.98 Å². The maximum atomic E-state index is 13.7. The maximum absolute atomic E-state index is 13.7. The number of halogens is 1. The first-order valence-electron chi connectivity index (χ1n) is 8.60. The van der Waals surface area contributed by atoms with Gasteiger partial charge in [0.1, 0.15) is 0 Å². The molecule has 1 heterocycles. The number of nitrogens with zero attached hydrogens (tertiary/aromatic N) is 2. The molecule has 1 aromatic heterocycles. The summed E-state index contributed by atoms with van der Waals surface area (Å²) in [7, 11) is -3.54. The second kappa shape index (κ2) is 9.12. The number of aliphatic imine (C=N–C) groups is 1. The molecule has 0 aliphatic heterocycles. The molecule has 2 N–H and O–H groups in total. The Morgan fingerprint density at radius 3 is 2.69 bits per heavy atom. The number of nitrogens with one attached hydrogen (secondary N) is 1. The fourth-order valence-corrected chi connectivity index (χ4v) is 4.17. The largest absolute Gasteiger partial charge is 0.477 e. The van der Waals surface area contributed by atoms with Crippen LogP contribution in [0.25, 0.3) is 0 Å². The van der Waals surface area contributed by atoms with E-state index in [9.17, 15) is 17.9 Å². The molecule has 10 heteroatoms. The maximum Gasteiger partial charge on any atom is 0.287 e. The molecule has 1 aliphatic carbocycles. The summed E-state index contributed by atoms with van der Waals surface area (Å²) in [6.45, 7) is 1.73. The molecule has 0 fully saturated rings. The molecule has 0 saturated heterocycles. The Bertz CT molecular complexity index is 1080. The summed E-state index contributed by atoms with van der Waals surface area (Å²) in [6, 6.07) is 5.82. The normalized spacial score (nSPS) is 16.2. The minimum atomic E-state index is -3.54. The molecule has 1 aliphatic rings. The zero-order chi connectivity index (χ0) is 20.9. The third-order valence-corrected chi connectivity index (χ3v) is 6.00. The third-order valence-electron chi connectivity index (χ3n) is 3.81. The van der Waals surface area contributed by atoms with E-state index in [1.165, 1.54) is 60.0 Å². The number of para-hydroxylation sites is 1. The first kappa shape index (κ1) is 20.9. The van der Waals surface area contributed by atoms with Crippen LogP contribution in [-0.4, -0.2) is 36.3 Å². The van der Waals surface area contributed by atoms with Gasteiger partial charge in [0.2, 0.25) is 0 Å². The lowest BCUT2D eigenvalue weighted by atomic mass is 10.2. The van der Waals surface area contributed by atoms with Crippen LogP contribution in [0.4, 0.5) is 9.52 Å². The van der Waals surface area contributed by atoms with Crippen molar-refractivity contribution in [1.29, 1.82) is 0 Å². The fourth-order valence-electron chi connectivity index (χ4n) is 2.36. The first-order chi connectivity index (χ1) is 13.9. The number of amides is 1. The quantitative estimate of drug-likeness (QED) is 0.677. The number of thiazole rings is 1. The number of carbonyl (C=O) groups is 1. The van der Waals surface area contributed by atoms with Crippen LogP contribution in [0.5, 0.6) is 5.75 Å². The Morgan fingerprint density at radius 2 is 2.07 bits per heavy atom. The van der Waals surface area contributed by atoms with Crippen LogP contribution in [-0.2, 0) is 14.8 Å². The minimum Gasteiger partial charge on any atom is -0.477 e. The molecule has 0 radical (unpaired) electrons. The zero-order valence-electron chi connectivity index (χ0n) is 15.3. The van der Waals surface area contributed by atoms with E-state index in [4.69, 9.17) is 4.74 Å². The standard InChI is InChI=1S/C19H18FN3O4S2/c1-2-16(27-17-6-4-3-5-15(17)20)18(24)22-13-7-9-14(10-8-13)29(25,26)23-19-21-11-12-28-19/h3-12,16H,2H2,1H3,(H2,21,23,25,26)/t16-/m0/s1. The highest BCUT2D eigenvalue weighted by Crippen LogP contribution is 2.19. The van der Waals surface area contributed by atoms with Crippen LogP contribution >= 0.6 is 11.3 Å². The average molecular weight is 436 g/mol. The van der Waals surface area contributed by atoms with Gasteiger partial charge in [0.15, 0.2) is 32.8 Å². The Labute approximate surface area is 171 Å².